The Kier molecular flexibility index (Phi) is 4.27. The van der Waals surface area contributed by atoms with Gasteiger partial charge >= 0.3 is 0 Å². The van der Waals surface area contributed by atoms with E-state index in [9.17, 15) is 0 Å². The third-order valence-electron chi connectivity index (χ3n) is 3.90. The lowest BCUT2D eigenvalue weighted by Crippen LogP contribution is -2.06. The van der Waals surface area contributed by atoms with Gasteiger partial charge in [-0.25, -0.2) is 4.98 Å². The van der Waals surface area contributed by atoms with Gasteiger partial charge in [-0.05, 0) is 37.5 Å². The van der Waals surface area contributed by atoms with E-state index in [0.717, 1.165) is 46.8 Å². The van der Waals surface area contributed by atoms with Crippen LogP contribution >= 0.6 is 27.5 Å². The number of rotatable bonds is 5. The fourth-order valence-corrected chi connectivity index (χ4v) is 3.17. The average molecular weight is 369 g/mol. The van der Waals surface area contributed by atoms with Crippen molar-refractivity contribution in [2.24, 2.45) is 0 Å². The molecule has 0 spiro atoms. The summed E-state index contributed by atoms with van der Waals surface area (Å²) in [4.78, 5) is 4.85. The first-order valence-electron chi connectivity index (χ1n) is 7.43. The monoisotopic (exact) mass is 367 g/mol. The largest absolute Gasteiger partial charge is 0.383 e. The van der Waals surface area contributed by atoms with Crippen LogP contribution in [0, 0.1) is 0 Å². The van der Waals surface area contributed by atoms with Crippen LogP contribution in [0.1, 0.15) is 44.3 Å². The molecule has 0 radical (unpaired) electrons. The Bertz CT molecular complexity index is 662. The van der Waals surface area contributed by atoms with Crippen LogP contribution in [0.15, 0.2) is 22.7 Å². The molecule has 0 bridgehead atoms. The fraction of sp³-hybridized carbons (Fsp3) is 0.438. The van der Waals surface area contributed by atoms with Crippen LogP contribution in [0.3, 0.4) is 0 Å². The molecule has 1 aromatic carbocycles. The molecule has 1 aliphatic carbocycles. The molecule has 0 amide bonds. The van der Waals surface area contributed by atoms with Crippen LogP contribution in [0.5, 0.6) is 0 Å². The van der Waals surface area contributed by atoms with Gasteiger partial charge in [0.15, 0.2) is 0 Å². The zero-order chi connectivity index (χ0) is 15.0. The number of unbranched alkanes of at least 4 members (excludes halogenated alkanes) is 1. The second-order valence-electron chi connectivity index (χ2n) is 5.61. The van der Waals surface area contributed by atoms with Crippen molar-refractivity contribution < 1.29 is 0 Å². The summed E-state index contributed by atoms with van der Waals surface area (Å²) in [5, 5.41) is 0.698. The summed E-state index contributed by atoms with van der Waals surface area (Å²) in [6.07, 6.45) is 4.71. The smallest absolute Gasteiger partial charge is 0.131 e. The molecule has 2 N–H and O–H groups in total. The van der Waals surface area contributed by atoms with Gasteiger partial charge in [-0.1, -0.05) is 40.9 Å². The van der Waals surface area contributed by atoms with E-state index in [4.69, 9.17) is 22.3 Å². The molecule has 2 aromatic rings. The highest BCUT2D eigenvalue weighted by Crippen LogP contribution is 2.43. The first-order valence-corrected chi connectivity index (χ1v) is 8.60. The lowest BCUT2D eigenvalue weighted by Gasteiger charge is -2.08. The van der Waals surface area contributed by atoms with Gasteiger partial charge in [0.25, 0.3) is 0 Å². The van der Waals surface area contributed by atoms with Gasteiger partial charge < -0.3 is 10.3 Å². The summed E-state index contributed by atoms with van der Waals surface area (Å²) < 4.78 is 3.17. The SMILES string of the molecule is CCCCn1c(C2CC2)nc(-c2cc(Cl)ccc2Br)c1N. The van der Waals surface area contributed by atoms with Gasteiger partial charge in [-0.2, -0.15) is 0 Å². The summed E-state index contributed by atoms with van der Waals surface area (Å²) in [5.74, 6) is 2.48. The Morgan fingerprint density at radius 3 is 2.86 bits per heavy atom. The maximum Gasteiger partial charge on any atom is 0.131 e. The minimum absolute atomic E-state index is 0.580. The molecule has 1 saturated carbocycles. The minimum Gasteiger partial charge on any atom is -0.383 e. The van der Waals surface area contributed by atoms with Crippen LogP contribution in [0.4, 0.5) is 5.82 Å². The van der Waals surface area contributed by atoms with Crippen molar-refractivity contribution in [2.75, 3.05) is 5.73 Å². The van der Waals surface area contributed by atoms with E-state index in [1.165, 1.54) is 12.8 Å². The van der Waals surface area contributed by atoms with Crippen LogP contribution in [-0.4, -0.2) is 9.55 Å². The highest BCUT2D eigenvalue weighted by molar-refractivity contribution is 9.10. The Morgan fingerprint density at radius 2 is 2.19 bits per heavy atom. The first kappa shape index (κ1) is 14.9. The van der Waals surface area contributed by atoms with Gasteiger partial charge in [-0.15, -0.1) is 0 Å². The summed E-state index contributed by atoms with van der Waals surface area (Å²) >= 11 is 9.70. The molecule has 0 atom stereocenters. The summed E-state index contributed by atoms with van der Waals surface area (Å²) in [5.41, 5.74) is 8.22. The second kappa shape index (κ2) is 6.01. The lowest BCUT2D eigenvalue weighted by molar-refractivity contribution is 0.609. The van der Waals surface area contributed by atoms with Crippen molar-refractivity contribution in [3.63, 3.8) is 0 Å². The topological polar surface area (TPSA) is 43.8 Å². The number of nitrogens with two attached hydrogens (primary N) is 1. The fourth-order valence-electron chi connectivity index (χ4n) is 2.57. The van der Waals surface area contributed by atoms with Crippen molar-refractivity contribution in [3.8, 4) is 11.3 Å². The van der Waals surface area contributed by atoms with Crippen molar-refractivity contribution in [1.29, 1.82) is 0 Å². The number of hydrogen-bond donors (Lipinski definition) is 1. The minimum atomic E-state index is 0.580. The van der Waals surface area contributed by atoms with E-state index in [1.54, 1.807) is 0 Å². The predicted molar refractivity (Wildman–Crippen MR) is 91.7 cm³/mol. The molecular weight excluding hydrogens is 350 g/mol. The van der Waals surface area contributed by atoms with Gasteiger partial charge in [0.1, 0.15) is 17.3 Å². The maximum atomic E-state index is 6.40. The highest BCUT2D eigenvalue weighted by atomic mass is 79.9. The Morgan fingerprint density at radius 1 is 1.43 bits per heavy atom. The van der Waals surface area contributed by atoms with Crippen molar-refractivity contribution >= 4 is 33.3 Å². The number of nitrogens with zero attached hydrogens (tertiary/aromatic N) is 2. The van der Waals surface area contributed by atoms with E-state index in [0.29, 0.717) is 10.9 Å². The number of aromatic nitrogens is 2. The molecular formula is C16H19BrClN3. The van der Waals surface area contributed by atoms with E-state index >= 15 is 0 Å². The van der Waals surface area contributed by atoms with E-state index in [2.05, 4.69) is 27.4 Å². The molecule has 1 fully saturated rings. The molecule has 21 heavy (non-hydrogen) atoms. The normalized spacial score (nSPS) is 14.6. The number of anilines is 1. The molecule has 1 heterocycles. The molecule has 3 rings (SSSR count). The zero-order valence-corrected chi connectivity index (χ0v) is 14.4. The van der Waals surface area contributed by atoms with E-state index in [1.807, 2.05) is 18.2 Å². The second-order valence-corrected chi connectivity index (χ2v) is 6.90. The van der Waals surface area contributed by atoms with Crippen LogP contribution in [0.25, 0.3) is 11.3 Å². The van der Waals surface area contributed by atoms with Crippen LogP contribution in [0.2, 0.25) is 5.02 Å². The standard InChI is InChI=1S/C16H19BrClN3/c1-2-3-8-21-15(19)14(20-16(21)10-4-5-10)12-9-11(18)6-7-13(12)17/h6-7,9-10H,2-5,8,19H2,1H3. The number of nitrogen functional groups attached to an aromatic ring is 1. The average Bonchev–Trinajstić information content (AvgIpc) is 3.25. The highest BCUT2D eigenvalue weighted by Gasteiger charge is 2.31. The molecule has 112 valence electrons. The van der Waals surface area contributed by atoms with Crippen molar-refractivity contribution in [1.82, 2.24) is 9.55 Å². The molecule has 0 unspecified atom stereocenters. The third kappa shape index (κ3) is 2.97. The predicted octanol–water partition coefficient (Wildman–Crippen LogP) is 5.23. The Balaban J connectivity index is 2.08. The maximum absolute atomic E-state index is 6.40. The number of benzene rings is 1. The Labute approximate surface area is 138 Å². The summed E-state index contributed by atoms with van der Waals surface area (Å²) in [6, 6.07) is 5.73. The lowest BCUT2D eigenvalue weighted by atomic mass is 10.1. The summed E-state index contributed by atoms with van der Waals surface area (Å²) in [6.45, 7) is 3.14. The van der Waals surface area contributed by atoms with Crippen molar-refractivity contribution in [3.05, 3.63) is 33.5 Å². The zero-order valence-electron chi connectivity index (χ0n) is 12.1. The van der Waals surface area contributed by atoms with E-state index in [-0.39, 0.29) is 0 Å². The third-order valence-corrected chi connectivity index (χ3v) is 4.82. The molecule has 1 aliphatic rings. The van der Waals surface area contributed by atoms with Gasteiger partial charge in [0, 0.05) is 27.5 Å². The molecule has 1 aromatic heterocycles. The molecule has 0 saturated heterocycles. The number of hydrogen-bond acceptors (Lipinski definition) is 2. The van der Waals surface area contributed by atoms with Gasteiger partial charge in [-0.3, -0.25) is 0 Å². The van der Waals surface area contributed by atoms with Gasteiger partial charge in [0.05, 0.1) is 0 Å². The Hall–Kier alpha value is -1.00. The van der Waals surface area contributed by atoms with Gasteiger partial charge in [0.2, 0.25) is 0 Å². The number of imidazole rings is 1. The molecule has 0 aliphatic heterocycles. The number of halogens is 2. The molecule has 5 heteroatoms. The molecule has 3 nitrogen and oxygen atoms in total. The first-order chi connectivity index (χ1) is 10.1. The van der Waals surface area contributed by atoms with Crippen LogP contribution in [-0.2, 0) is 6.54 Å². The van der Waals surface area contributed by atoms with E-state index < -0.39 is 0 Å². The quantitative estimate of drug-likeness (QED) is 0.785. The van der Waals surface area contributed by atoms with Crippen LogP contribution < -0.4 is 5.73 Å². The summed E-state index contributed by atoms with van der Waals surface area (Å²) in [7, 11) is 0. The van der Waals surface area contributed by atoms with Crippen molar-refractivity contribution in [2.45, 2.75) is 45.1 Å².